The zero-order valence-corrected chi connectivity index (χ0v) is 18.1. The summed E-state index contributed by atoms with van der Waals surface area (Å²) in [7, 11) is 0. The van der Waals surface area contributed by atoms with E-state index in [1.807, 2.05) is 6.07 Å². The lowest BCUT2D eigenvalue weighted by Gasteiger charge is -2.15. The maximum atomic E-state index is 12.7. The van der Waals surface area contributed by atoms with E-state index in [2.05, 4.69) is 5.32 Å². The number of imide groups is 1. The number of para-hydroxylation sites is 1. The Kier molecular flexibility index (Phi) is 6.62. The molecule has 0 spiro atoms. The molecule has 11 heteroatoms. The molecule has 2 aromatic carbocycles. The number of amides is 3. The molecule has 148 valence electrons. The number of hydrogen-bond acceptors (Lipinski definition) is 5. The summed E-state index contributed by atoms with van der Waals surface area (Å²) < 4.78 is 0. The summed E-state index contributed by atoms with van der Waals surface area (Å²) in [5.41, 5.74) is 0.0826. The molecule has 0 aliphatic carbocycles. The molecule has 0 fully saturated rings. The molecule has 0 aromatic heterocycles. The minimum atomic E-state index is -0.794. The average Bonchev–Trinajstić information content (AvgIpc) is 2.94. The lowest BCUT2D eigenvalue weighted by atomic mass is 10.1. The second-order valence-corrected chi connectivity index (χ2v) is 8.22. The number of rotatable bonds is 5. The number of hydrogen-bond donors (Lipinski definition) is 1. The molecule has 1 N–H and O–H groups in total. The number of nitrogens with one attached hydrogen (secondary N) is 1. The highest BCUT2D eigenvalue weighted by Gasteiger charge is 2.42. The fourth-order valence-corrected chi connectivity index (χ4v) is 4.36. The number of nitrogens with zero attached hydrogens (tertiary/aromatic N) is 2. The third kappa shape index (κ3) is 4.04. The van der Waals surface area contributed by atoms with E-state index in [9.17, 15) is 14.4 Å². The highest BCUT2D eigenvalue weighted by atomic mass is 35.5. The molecule has 1 aliphatic heterocycles. The van der Waals surface area contributed by atoms with Gasteiger partial charge in [0.05, 0.1) is 48.7 Å². The van der Waals surface area contributed by atoms with Crippen molar-refractivity contribution in [1.29, 1.82) is 5.26 Å². The largest absolute Gasteiger partial charge is 0.324 e. The molecular weight excluding hydrogens is 480 g/mol. The third-order valence-electron chi connectivity index (χ3n) is 3.94. The van der Waals surface area contributed by atoms with Crippen LogP contribution < -0.4 is 5.32 Å². The van der Waals surface area contributed by atoms with Crippen molar-refractivity contribution in [3.63, 3.8) is 0 Å². The van der Waals surface area contributed by atoms with Crippen LogP contribution in [0.4, 0.5) is 5.69 Å². The Balaban J connectivity index is 1.84. The minimum Gasteiger partial charge on any atom is -0.324 e. The monoisotopic (exact) mass is 487 g/mol. The number of carbonyl (C=O) groups excluding carboxylic acids is 3. The van der Waals surface area contributed by atoms with E-state index in [4.69, 9.17) is 51.7 Å². The summed E-state index contributed by atoms with van der Waals surface area (Å²) in [5.74, 6) is -2.01. The average molecular weight is 489 g/mol. The molecule has 6 nitrogen and oxygen atoms in total. The van der Waals surface area contributed by atoms with Gasteiger partial charge in [-0.2, -0.15) is 5.26 Å². The summed E-state index contributed by atoms with van der Waals surface area (Å²) >= 11 is 25.3. The van der Waals surface area contributed by atoms with Crippen LogP contribution in [0.2, 0.25) is 20.1 Å². The van der Waals surface area contributed by atoms with Gasteiger partial charge in [-0.3, -0.25) is 19.3 Å². The molecule has 0 saturated carbocycles. The number of halogens is 4. The van der Waals surface area contributed by atoms with Crippen molar-refractivity contribution >= 4 is 81.6 Å². The van der Waals surface area contributed by atoms with Crippen molar-refractivity contribution in [2.45, 2.75) is 4.90 Å². The topological polar surface area (TPSA) is 90.3 Å². The number of carbonyl (C=O) groups is 3. The van der Waals surface area contributed by atoms with Gasteiger partial charge in [-0.15, -0.1) is 11.8 Å². The predicted molar refractivity (Wildman–Crippen MR) is 113 cm³/mol. The second-order valence-electron chi connectivity index (χ2n) is 5.69. The standard InChI is InChI=1S/C18H9Cl4N3O3S/c19-13-11-12(14(20)16(22)15(13)21)18(28)25(17(11)27)7-10(26)24-8-3-1-2-4-9(8)29-6-5-23/h1-4H,6-7H2,(H,24,26). The quantitative estimate of drug-likeness (QED) is 0.272. The number of benzene rings is 2. The van der Waals surface area contributed by atoms with Crippen molar-refractivity contribution in [3.8, 4) is 6.07 Å². The minimum absolute atomic E-state index is 0.145. The molecule has 0 unspecified atom stereocenters. The molecule has 1 aliphatic rings. The van der Waals surface area contributed by atoms with Crippen LogP contribution in [0, 0.1) is 11.3 Å². The van der Waals surface area contributed by atoms with E-state index in [0.717, 1.165) is 4.90 Å². The van der Waals surface area contributed by atoms with Crippen LogP contribution in [-0.4, -0.2) is 34.9 Å². The van der Waals surface area contributed by atoms with Gasteiger partial charge in [0.1, 0.15) is 6.54 Å². The van der Waals surface area contributed by atoms with E-state index >= 15 is 0 Å². The molecule has 0 saturated heterocycles. The molecule has 0 atom stereocenters. The first-order valence-electron chi connectivity index (χ1n) is 7.88. The zero-order valence-electron chi connectivity index (χ0n) is 14.3. The zero-order chi connectivity index (χ0) is 21.3. The maximum Gasteiger partial charge on any atom is 0.263 e. The van der Waals surface area contributed by atoms with Gasteiger partial charge < -0.3 is 5.32 Å². The number of anilines is 1. The molecular formula is C18H9Cl4N3O3S. The van der Waals surface area contributed by atoms with Gasteiger partial charge in [0.2, 0.25) is 5.91 Å². The maximum absolute atomic E-state index is 12.7. The lowest BCUT2D eigenvalue weighted by molar-refractivity contribution is -0.116. The summed E-state index contributed by atoms with van der Waals surface area (Å²) in [4.78, 5) is 39.2. The SMILES string of the molecule is N#CCSc1ccccc1NC(=O)CN1C(=O)c2c(Cl)c(Cl)c(Cl)c(Cl)c2C1=O. The van der Waals surface area contributed by atoms with Crippen LogP contribution in [0.5, 0.6) is 0 Å². The summed E-state index contributed by atoms with van der Waals surface area (Å²) in [6.45, 7) is -0.564. The first-order valence-corrected chi connectivity index (χ1v) is 10.4. The van der Waals surface area contributed by atoms with E-state index in [1.54, 1.807) is 24.3 Å². The Hall–Kier alpha value is -1.95. The Morgan fingerprint density at radius 3 is 2.10 bits per heavy atom. The molecule has 3 amide bonds. The fourth-order valence-electron chi connectivity index (χ4n) is 2.68. The Morgan fingerprint density at radius 2 is 1.55 bits per heavy atom. The first-order chi connectivity index (χ1) is 13.8. The molecule has 29 heavy (non-hydrogen) atoms. The van der Waals surface area contributed by atoms with Crippen LogP contribution in [0.15, 0.2) is 29.2 Å². The first kappa shape index (κ1) is 21.8. The Labute approximate surface area is 189 Å². The van der Waals surface area contributed by atoms with Crippen LogP contribution >= 0.6 is 58.2 Å². The highest BCUT2D eigenvalue weighted by molar-refractivity contribution is 7.99. The van der Waals surface area contributed by atoms with Crippen molar-refractivity contribution in [2.75, 3.05) is 17.6 Å². The van der Waals surface area contributed by atoms with E-state index in [-0.39, 0.29) is 37.0 Å². The van der Waals surface area contributed by atoms with Crippen molar-refractivity contribution in [2.24, 2.45) is 0 Å². The van der Waals surface area contributed by atoms with Gasteiger partial charge in [0.25, 0.3) is 11.8 Å². The summed E-state index contributed by atoms with van der Waals surface area (Å²) in [5, 5.41) is 10.7. The smallest absolute Gasteiger partial charge is 0.263 e. The molecule has 3 rings (SSSR count). The number of thioether (sulfide) groups is 1. The van der Waals surface area contributed by atoms with E-state index < -0.39 is 24.3 Å². The van der Waals surface area contributed by atoms with E-state index in [1.165, 1.54) is 11.8 Å². The molecule has 2 aromatic rings. The number of nitriles is 1. The fraction of sp³-hybridized carbons (Fsp3) is 0.111. The van der Waals surface area contributed by atoms with Crippen LogP contribution in [0.1, 0.15) is 20.7 Å². The second kappa shape index (κ2) is 8.82. The van der Waals surface area contributed by atoms with Crippen LogP contribution in [0.25, 0.3) is 0 Å². The van der Waals surface area contributed by atoms with Crippen LogP contribution in [0.3, 0.4) is 0 Å². The van der Waals surface area contributed by atoms with Crippen molar-refractivity contribution in [1.82, 2.24) is 4.90 Å². The third-order valence-corrected chi connectivity index (χ3v) is 6.68. The van der Waals surface area contributed by atoms with Crippen molar-refractivity contribution < 1.29 is 14.4 Å². The van der Waals surface area contributed by atoms with Gasteiger partial charge in [0, 0.05) is 4.90 Å². The Bertz CT molecular complexity index is 1050. The molecule has 0 radical (unpaired) electrons. The van der Waals surface area contributed by atoms with Gasteiger partial charge in [0.15, 0.2) is 0 Å². The molecule has 0 bridgehead atoms. The predicted octanol–water partition coefficient (Wildman–Crippen LogP) is 5.15. The number of fused-ring (bicyclic) bond motifs is 1. The van der Waals surface area contributed by atoms with Gasteiger partial charge in [-0.1, -0.05) is 58.5 Å². The lowest BCUT2D eigenvalue weighted by Crippen LogP contribution is -2.37. The highest BCUT2D eigenvalue weighted by Crippen LogP contribution is 2.44. The summed E-state index contributed by atoms with van der Waals surface area (Å²) in [6, 6.07) is 8.86. The van der Waals surface area contributed by atoms with Gasteiger partial charge in [-0.05, 0) is 12.1 Å². The van der Waals surface area contributed by atoms with Crippen LogP contribution in [-0.2, 0) is 4.79 Å². The van der Waals surface area contributed by atoms with Gasteiger partial charge in [-0.25, -0.2) is 0 Å². The van der Waals surface area contributed by atoms with Crippen molar-refractivity contribution in [3.05, 3.63) is 55.5 Å². The van der Waals surface area contributed by atoms with E-state index in [0.29, 0.717) is 10.6 Å². The van der Waals surface area contributed by atoms with Gasteiger partial charge >= 0.3 is 0 Å². The Morgan fingerprint density at radius 1 is 1.00 bits per heavy atom. The summed E-state index contributed by atoms with van der Waals surface area (Å²) in [6.07, 6.45) is 0. The molecule has 1 heterocycles. The normalized spacial score (nSPS) is 12.7.